The zero-order valence-electron chi connectivity index (χ0n) is 14.4. The Kier molecular flexibility index (Phi) is 5.86. The molecule has 3 heteroatoms. The lowest BCUT2D eigenvalue weighted by molar-refractivity contribution is 0.153. The Morgan fingerprint density at radius 1 is 1.33 bits per heavy atom. The molecule has 1 aromatic rings. The van der Waals surface area contributed by atoms with Crippen molar-refractivity contribution in [2.75, 3.05) is 6.54 Å². The maximum Gasteiger partial charge on any atom is 0.0640 e. The van der Waals surface area contributed by atoms with Gasteiger partial charge in [0.05, 0.1) is 5.69 Å². The topological polar surface area (TPSA) is 29.9 Å². The van der Waals surface area contributed by atoms with E-state index < -0.39 is 0 Å². The number of hydrogen-bond donors (Lipinski definition) is 1. The first-order chi connectivity index (χ1) is 10.1. The van der Waals surface area contributed by atoms with Crippen LogP contribution >= 0.6 is 0 Å². The molecular weight excluding hydrogens is 258 g/mol. The fraction of sp³-hybridized carbons (Fsp3) is 0.833. The summed E-state index contributed by atoms with van der Waals surface area (Å²) in [5, 5.41) is 8.48. The van der Waals surface area contributed by atoms with E-state index in [9.17, 15) is 0 Å². The molecule has 1 aliphatic carbocycles. The van der Waals surface area contributed by atoms with Crippen LogP contribution in [-0.2, 0) is 13.5 Å². The van der Waals surface area contributed by atoms with Crippen LogP contribution in [0.3, 0.4) is 0 Å². The quantitative estimate of drug-likeness (QED) is 0.786. The molecule has 0 aliphatic heterocycles. The molecule has 3 nitrogen and oxygen atoms in total. The Balaban J connectivity index is 2.15. The first kappa shape index (κ1) is 16.5. The predicted molar refractivity (Wildman–Crippen MR) is 89.3 cm³/mol. The molecule has 0 aromatic carbocycles. The highest BCUT2D eigenvalue weighted by Crippen LogP contribution is 2.46. The zero-order chi connectivity index (χ0) is 15.3. The van der Waals surface area contributed by atoms with Gasteiger partial charge in [0, 0.05) is 25.7 Å². The summed E-state index contributed by atoms with van der Waals surface area (Å²) in [5.41, 5.74) is 1.72. The molecule has 1 saturated carbocycles. The average Bonchev–Trinajstić information content (AvgIpc) is 3.04. The molecule has 0 bridgehead atoms. The minimum Gasteiger partial charge on any atom is -0.313 e. The van der Waals surface area contributed by atoms with E-state index in [1.165, 1.54) is 44.2 Å². The summed E-state index contributed by atoms with van der Waals surface area (Å²) in [7, 11) is 2.01. The molecule has 21 heavy (non-hydrogen) atoms. The Morgan fingerprint density at radius 3 is 2.57 bits per heavy atom. The van der Waals surface area contributed by atoms with Gasteiger partial charge < -0.3 is 5.32 Å². The van der Waals surface area contributed by atoms with E-state index in [2.05, 4.69) is 43.4 Å². The summed E-state index contributed by atoms with van der Waals surface area (Å²) in [6.45, 7) is 8.13. The molecule has 0 spiro atoms. The average molecular weight is 291 g/mol. The summed E-state index contributed by atoms with van der Waals surface area (Å²) in [6, 6.07) is 2.76. The second-order valence-electron chi connectivity index (χ2n) is 7.36. The Bertz CT molecular complexity index is 416. The molecule has 1 aliphatic rings. The van der Waals surface area contributed by atoms with E-state index in [1.807, 2.05) is 11.7 Å². The van der Waals surface area contributed by atoms with Gasteiger partial charge in [0.2, 0.25) is 0 Å². The molecule has 2 rings (SSSR count). The highest BCUT2D eigenvalue weighted by Gasteiger charge is 2.41. The van der Waals surface area contributed by atoms with Crippen LogP contribution in [0.4, 0.5) is 0 Å². The SMILES string of the molecule is CCCNC(Cc1ccn(C)n1)C1(CC(C)C)CCCC1. The van der Waals surface area contributed by atoms with Gasteiger partial charge in [-0.25, -0.2) is 0 Å². The second-order valence-corrected chi connectivity index (χ2v) is 7.36. The minimum absolute atomic E-state index is 0.487. The third kappa shape index (κ3) is 4.32. The van der Waals surface area contributed by atoms with E-state index >= 15 is 0 Å². The van der Waals surface area contributed by atoms with Gasteiger partial charge in [0.25, 0.3) is 0 Å². The van der Waals surface area contributed by atoms with Crippen molar-refractivity contribution in [3.8, 4) is 0 Å². The molecule has 0 amide bonds. The standard InChI is InChI=1S/C18H33N3/c1-5-11-19-17(13-16-8-12-21(4)20-16)18(14-15(2)3)9-6-7-10-18/h8,12,15,17,19H,5-7,9-11,13-14H2,1-4H3. The van der Waals surface area contributed by atoms with Gasteiger partial charge in [0.1, 0.15) is 0 Å². The summed E-state index contributed by atoms with van der Waals surface area (Å²) in [4.78, 5) is 0. The van der Waals surface area contributed by atoms with E-state index in [0.717, 1.165) is 18.9 Å². The molecule has 0 saturated heterocycles. The monoisotopic (exact) mass is 291 g/mol. The number of aromatic nitrogens is 2. The molecule has 1 unspecified atom stereocenters. The third-order valence-corrected chi connectivity index (χ3v) is 4.98. The molecule has 1 fully saturated rings. The fourth-order valence-corrected chi connectivity index (χ4v) is 4.19. The van der Waals surface area contributed by atoms with Gasteiger partial charge >= 0.3 is 0 Å². The summed E-state index contributed by atoms with van der Waals surface area (Å²) in [5.74, 6) is 0.776. The number of aryl methyl sites for hydroxylation is 1. The third-order valence-electron chi connectivity index (χ3n) is 4.98. The zero-order valence-corrected chi connectivity index (χ0v) is 14.4. The largest absolute Gasteiger partial charge is 0.313 e. The molecule has 0 radical (unpaired) electrons. The van der Waals surface area contributed by atoms with E-state index in [-0.39, 0.29) is 0 Å². The van der Waals surface area contributed by atoms with E-state index in [0.29, 0.717) is 11.5 Å². The summed E-state index contributed by atoms with van der Waals surface area (Å²) in [6.07, 6.45) is 11.3. The second kappa shape index (κ2) is 7.44. The van der Waals surface area contributed by atoms with E-state index in [4.69, 9.17) is 0 Å². The van der Waals surface area contributed by atoms with Gasteiger partial charge in [0.15, 0.2) is 0 Å². The van der Waals surface area contributed by atoms with Crippen molar-refractivity contribution in [2.45, 2.75) is 71.8 Å². The van der Waals surface area contributed by atoms with Crippen LogP contribution in [0.1, 0.15) is 65.0 Å². The highest BCUT2D eigenvalue weighted by molar-refractivity contribution is 5.06. The molecule has 120 valence electrons. The van der Waals surface area contributed by atoms with Gasteiger partial charge in [-0.3, -0.25) is 4.68 Å². The highest BCUT2D eigenvalue weighted by atomic mass is 15.2. The van der Waals surface area contributed by atoms with Crippen LogP contribution in [0.5, 0.6) is 0 Å². The minimum atomic E-state index is 0.487. The molecular formula is C18H33N3. The summed E-state index contributed by atoms with van der Waals surface area (Å²) < 4.78 is 1.93. The molecule has 1 aromatic heterocycles. The number of nitrogens with one attached hydrogen (secondary N) is 1. The lowest BCUT2D eigenvalue weighted by Gasteiger charge is -2.40. The van der Waals surface area contributed by atoms with Crippen LogP contribution in [0.2, 0.25) is 0 Å². The lowest BCUT2D eigenvalue weighted by Crippen LogP contribution is -2.46. The van der Waals surface area contributed by atoms with Crippen molar-refractivity contribution >= 4 is 0 Å². The Morgan fingerprint density at radius 2 is 2.05 bits per heavy atom. The van der Waals surface area contributed by atoms with Gasteiger partial charge in [-0.15, -0.1) is 0 Å². The normalized spacial score (nSPS) is 19.3. The van der Waals surface area contributed by atoms with Crippen LogP contribution in [0.15, 0.2) is 12.3 Å². The van der Waals surface area contributed by atoms with Gasteiger partial charge in [-0.2, -0.15) is 5.10 Å². The van der Waals surface area contributed by atoms with Crippen LogP contribution in [0.25, 0.3) is 0 Å². The van der Waals surface area contributed by atoms with Crippen molar-refractivity contribution in [2.24, 2.45) is 18.4 Å². The number of rotatable bonds is 8. The van der Waals surface area contributed by atoms with Crippen molar-refractivity contribution in [3.05, 3.63) is 18.0 Å². The smallest absolute Gasteiger partial charge is 0.0640 e. The lowest BCUT2D eigenvalue weighted by atomic mass is 9.71. The van der Waals surface area contributed by atoms with Crippen molar-refractivity contribution < 1.29 is 0 Å². The van der Waals surface area contributed by atoms with Crippen molar-refractivity contribution in [1.29, 1.82) is 0 Å². The Labute approximate surface area is 130 Å². The molecule has 1 N–H and O–H groups in total. The number of nitrogens with zero attached hydrogens (tertiary/aromatic N) is 2. The molecule has 1 heterocycles. The van der Waals surface area contributed by atoms with Gasteiger partial charge in [-0.1, -0.05) is 33.6 Å². The fourth-order valence-electron chi connectivity index (χ4n) is 4.19. The maximum absolute atomic E-state index is 4.62. The van der Waals surface area contributed by atoms with E-state index in [1.54, 1.807) is 0 Å². The number of hydrogen-bond acceptors (Lipinski definition) is 2. The Hall–Kier alpha value is -0.830. The van der Waals surface area contributed by atoms with Crippen molar-refractivity contribution in [1.82, 2.24) is 15.1 Å². The van der Waals surface area contributed by atoms with Crippen LogP contribution < -0.4 is 5.32 Å². The van der Waals surface area contributed by atoms with Crippen molar-refractivity contribution in [3.63, 3.8) is 0 Å². The predicted octanol–water partition coefficient (Wildman–Crippen LogP) is 3.94. The van der Waals surface area contributed by atoms with Crippen LogP contribution in [-0.4, -0.2) is 22.4 Å². The first-order valence-corrected chi connectivity index (χ1v) is 8.77. The van der Waals surface area contributed by atoms with Gasteiger partial charge in [-0.05, 0) is 49.6 Å². The summed E-state index contributed by atoms with van der Waals surface area (Å²) >= 11 is 0. The van der Waals surface area contributed by atoms with Crippen LogP contribution in [0, 0.1) is 11.3 Å². The molecule has 1 atom stereocenters. The first-order valence-electron chi connectivity index (χ1n) is 8.77. The maximum atomic E-state index is 4.62.